The maximum atomic E-state index is 9.27. The Kier molecular flexibility index (Phi) is 7.25. The van der Waals surface area contributed by atoms with Gasteiger partial charge in [-0.15, -0.1) is 0 Å². The van der Waals surface area contributed by atoms with Crippen LogP contribution >= 0.6 is 0 Å². The molecule has 2 unspecified atom stereocenters. The molecule has 0 aromatic heterocycles. The van der Waals surface area contributed by atoms with E-state index in [2.05, 4.69) is 6.92 Å². The maximum absolute atomic E-state index is 9.27. The Hall–Kier alpha value is -1.30. The average molecular weight is 269 g/mol. The Morgan fingerprint density at radius 2 is 1.84 bits per heavy atom. The summed E-state index contributed by atoms with van der Waals surface area (Å²) in [5.41, 5.74) is 5.85. The topological polar surface area (TPSA) is 73.9 Å². The Labute approximate surface area is 114 Å². The quantitative estimate of drug-likeness (QED) is 0.704. The third-order valence-electron chi connectivity index (χ3n) is 2.60. The Morgan fingerprint density at radius 1 is 1.21 bits per heavy atom. The van der Waals surface area contributed by atoms with Gasteiger partial charge in [-0.05, 0) is 30.7 Å². The van der Waals surface area contributed by atoms with Gasteiger partial charge in [0.25, 0.3) is 0 Å². The molecule has 5 heteroatoms. The van der Waals surface area contributed by atoms with Gasteiger partial charge in [0.05, 0.1) is 25.9 Å². The molecule has 0 spiro atoms. The van der Waals surface area contributed by atoms with Crippen molar-refractivity contribution in [2.45, 2.75) is 25.5 Å². The molecule has 0 amide bonds. The number of hydrogen-bond donors (Lipinski definition) is 2. The standard InChI is InChI=1S/C14H23NO4/c1-3-8-18-11-4-6-12(7-5-11)19-14(9-16)13(15)10-17-2/h4-7,13-14,16H,3,8-10,15H2,1-2H3. The van der Waals surface area contributed by atoms with Crippen LogP contribution in [-0.4, -0.2) is 44.2 Å². The molecule has 2 atom stereocenters. The molecule has 0 heterocycles. The van der Waals surface area contributed by atoms with Gasteiger partial charge in [0, 0.05) is 7.11 Å². The van der Waals surface area contributed by atoms with E-state index >= 15 is 0 Å². The molecule has 3 N–H and O–H groups in total. The van der Waals surface area contributed by atoms with Gasteiger partial charge in [0.15, 0.2) is 0 Å². The summed E-state index contributed by atoms with van der Waals surface area (Å²) >= 11 is 0. The maximum Gasteiger partial charge on any atom is 0.139 e. The number of benzene rings is 1. The van der Waals surface area contributed by atoms with Gasteiger partial charge in [-0.3, -0.25) is 0 Å². The first kappa shape index (κ1) is 15.8. The molecule has 108 valence electrons. The Balaban J connectivity index is 2.55. The van der Waals surface area contributed by atoms with Crippen molar-refractivity contribution in [3.8, 4) is 11.5 Å². The SMILES string of the molecule is CCCOc1ccc(OC(CO)C(N)COC)cc1. The molecular weight excluding hydrogens is 246 g/mol. The monoisotopic (exact) mass is 269 g/mol. The second-order valence-corrected chi connectivity index (χ2v) is 4.28. The fraction of sp³-hybridized carbons (Fsp3) is 0.571. The molecule has 1 aromatic rings. The summed E-state index contributed by atoms with van der Waals surface area (Å²) in [6, 6.07) is 6.90. The number of rotatable bonds is 9. The van der Waals surface area contributed by atoms with Gasteiger partial charge >= 0.3 is 0 Å². The number of ether oxygens (including phenoxy) is 3. The van der Waals surface area contributed by atoms with Gasteiger partial charge in [-0.25, -0.2) is 0 Å². The summed E-state index contributed by atoms with van der Waals surface area (Å²) in [5, 5.41) is 9.27. The van der Waals surface area contributed by atoms with E-state index in [1.807, 2.05) is 12.1 Å². The van der Waals surface area contributed by atoms with E-state index < -0.39 is 6.10 Å². The molecule has 0 bridgehead atoms. The summed E-state index contributed by atoms with van der Waals surface area (Å²) in [7, 11) is 1.56. The van der Waals surface area contributed by atoms with E-state index in [-0.39, 0.29) is 12.6 Å². The van der Waals surface area contributed by atoms with Crippen molar-refractivity contribution >= 4 is 0 Å². The molecular formula is C14H23NO4. The van der Waals surface area contributed by atoms with Crippen molar-refractivity contribution in [1.29, 1.82) is 0 Å². The molecule has 19 heavy (non-hydrogen) atoms. The lowest BCUT2D eigenvalue weighted by atomic mass is 10.2. The lowest BCUT2D eigenvalue weighted by molar-refractivity contribution is 0.0604. The van der Waals surface area contributed by atoms with Crippen molar-refractivity contribution in [3.63, 3.8) is 0 Å². The zero-order valence-electron chi connectivity index (χ0n) is 11.5. The summed E-state index contributed by atoms with van der Waals surface area (Å²) in [5.74, 6) is 1.45. The zero-order valence-corrected chi connectivity index (χ0v) is 11.5. The molecule has 0 aliphatic carbocycles. The van der Waals surface area contributed by atoms with Gasteiger partial charge in [0.2, 0.25) is 0 Å². The summed E-state index contributed by atoms with van der Waals surface area (Å²) in [6.45, 7) is 2.93. The third-order valence-corrected chi connectivity index (χ3v) is 2.60. The minimum absolute atomic E-state index is 0.154. The lowest BCUT2D eigenvalue weighted by Crippen LogP contribution is -2.44. The van der Waals surface area contributed by atoms with Gasteiger partial charge < -0.3 is 25.1 Å². The highest BCUT2D eigenvalue weighted by Crippen LogP contribution is 2.19. The van der Waals surface area contributed by atoms with Crippen LogP contribution in [0.3, 0.4) is 0 Å². The zero-order chi connectivity index (χ0) is 14.1. The molecule has 0 aliphatic rings. The van der Waals surface area contributed by atoms with Crippen molar-refractivity contribution in [3.05, 3.63) is 24.3 Å². The van der Waals surface area contributed by atoms with Gasteiger partial charge in [0.1, 0.15) is 17.6 Å². The van der Waals surface area contributed by atoms with Gasteiger partial charge in [-0.2, -0.15) is 0 Å². The lowest BCUT2D eigenvalue weighted by Gasteiger charge is -2.22. The van der Waals surface area contributed by atoms with E-state index in [9.17, 15) is 5.11 Å². The number of aliphatic hydroxyl groups is 1. The highest BCUT2D eigenvalue weighted by atomic mass is 16.5. The van der Waals surface area contributed by atoms with Crippen LogP contribution in [0.25, 0.3) is 0 Å². The van der Waals surface area contributed by atoms with Crippen LogP contribution < -0.4 is 15.2 Å². The molecule has 1 aromatic carbocycles. The molecule has 0 saturated carbocycles. The van der Waals surface area contributed by atoms with Crippen molar-refractivity contribution in [2.24, 2.45) is 5.73 Å². The second-order valence-electron chi connectivity index (χ2n) is 4.28. The van der Waals surface area contributed by atoms with Crippen LogP contribution in [0.15, 0.2) is 24.3 Å². The van der Waals surface area contributed by atoms with Crippen LogP contribution in [-0.2, 0) is 4.74 Å². The van der Waals surface area contributed by atoms with Crippen LogP contribution in [0.4, 0.5) is 0 Å². The molecule has 5 nitrogen and oxygen atoms in total. The smallest absolute Gasteiger partial charge is 0.139 e. The van der Waals surface area contributed by atoms with Gasteiger partial charge in [-0.1, -0.05) is 6.92 Å². The number of methoxy groups -OCH3 is 1. The highest BCUT2D eigenvalue weighted by Gasteiger charge is 2.18. The first-order valence-corrected chi connectivity index (χ1v) is 6.46. The van der Waals surface area contributed by atoms with Crippen LogP contribution in [0.2, 0.25) is 0 Å². The number of aliphatic hydroxyl groups excluding tert-OH is 1. The van der Waals surface area contributed by atoms with E-state index in [1.54, 1.807) is 19.2 Å². The first-order chi connectivity index (χ1) is 9.21. The second kappa shape index (κ2) is 8.74. The number of nitrogens with two attached hydrogens (primary N) is 1. The van der Waals surface area contributed by atoms with Crippen LogP contribution in [0.5, 0.6) is 11.5 Å². The molecule has 0 aliphatic heterocycles. The molecule has 1 rings (SSSR count). The van der Waals surface area contributed by atoms with Crippen LogP contribution in [0.1, 0.15) is 13.3 Å². The van der Waals surface area contributed by atoms with E-state index in [0.29, 0.717) is 19.0 Å². The molecule has 0 saturated heterocycles. The normalized spacial score (nSPS) is 13.9. The van der Waals surface area contributed by atoms with Crippen molar-refractivity contribution in [1.82, 2.24) is 0 Å². The summed E-state index contributed by atoms with van der Waals surface area (Å²) < 4.78 is 16.1. The summed E-state index contributed by atoms with van der Waals surface area (Å²) in [4.78, 5) is 0. The van der Waals surface area contributed by atoms with Crippen molar-refractivity contribution in [2.75, 3.05) is 26.9 Å². The van der Waals surface area contributed by atoms with Crippen molar-refractivity contribution < 1.29 is 19.3 Å². The van der Waals surface area contributed by atoms with E-state index in [4.69, 9.17) is 19.9 Å². The highest BCUT2D eigenvalue weighted by molar-refractivity contribution is 5.31. The fourth-order valence-electron chi connectivity index (χ4n) is 1.57. The van der Waals surface area contributed by atoms with E-state index in [1.165, 1.54) is 0 Å². The van der Waals surface area contributed by atoms with Crippen LogP contribution in [0, 0.1) is 0 Å². The fourth-order valence-corrected chi connectivity index (χ4v) is 1.57. The predicted molar refractivity (Wildman–Crippen MR) is 73.6 cm³/mol. The Morgan fingerprint density at radius 3 is 2.37 bits per heavy atom. The largest absolute Gasteiger partial charge is 0.494 e. The Bertz CT molecular complexity index is 342. The predicted octanol–water partition coefficient (Wildman–Crippen LogP) is 1.19. The van der Waals surface area contributed by atoms with E-state index in [0.717, 1.165) is 12.2 Å². The minimum Gasteiger partial charge on any atom is -0.494 e. The minimum atomic E-state index is -0.484. The first-order valence-electron chi connectivity index (χ1n) is 6.46. The average Bonchev–Trinajstić information content (AvgIpc) is 2.44. The third kappa shape index (κ3) is 5.46. The molecule has 0 radical (unpaired) electrons. The summed E-state index contributed by atoms with van der Waals surface area (Å²) in [6.07, 6.45) is 0.485. The molecule has 0 fully saturated rings. The number of hydrogen-bond acceptors (Lipinski definition) is 5.